The number of rotatable bonds is 3. The van der Waals surface area contributed by atoms with Gasteiger partial charge in [-0.1, -0.05) is 0 Å². The van der Waals surface area contributed by atoms with Crippen molar-refractivity contribution < 1.29 is 4.79 Å². The highest BCUT2D eigenvalue weighted by Gasteiger charge is 2.27. The summed E-state index contributed by atoms with van der Waals surface area (Å²) in [5, 5.41) is 2.95. The van der Waals surface area contributed by atoms with Crippen molar-refractivity contribution >= 4 is 36.4 Å². The lowest BCUT2D eigenvalue weighted by Crippen LogP contribution is -2.33. The van der Waals surface area contributed by atoms with Crippen molar-refractivity contribution in [2.45, 2.75) is 38.6 Å². The molecule has 1 fully saturated rings. The minimum atomic E-state index is 0. The third kappa shape index (κ3) is 5.27. The number of nitrogens with one attached hydrogen (secondary N) is 1. The molecule has 0 saturated heterocycles. The van der Waals surface area contributed by atoms with Crippen molar-refractivity contribution in [2.24, 2.45) is 17.6 Å². The number of hydrogen-bond donors (Lipinski definition) is 2. The first-order valence-corrected chi connectivity index (χ1v) is 6.63. The average Bonchev–Trinajstić information content (AvgIpc) is 2.40. The number of carbonyl (C=O) groups excluding carboxylic acids is 1. The van der Waals surface area contributed by atoms with E-state index in [0.717, 1.165) is 31.4 Å². The van der Waals surface area contributed by atoms with Crippen LogP contribution in [0.25, 0.3) is 0 Å². The number of amides is 1. The van der Waals surface area contributed by atoms with Crippen LogP contribution in [-0.2, 0) is 4.79 Å². The zero-order chi connectivity index (χ0) is 13.0. The maximum atomic E-state index is 12.1. The van der Waals surface area contributed by atoms with Crippen LogP contribution in [0.5, 0.6) is 0 Å². The Labute approximate surface area is 132 Å². The minimum absolute atomic E-state index is 0. The van der Waals surface area contributed by atoms with Gasteiger partial charge in [-0.05, 0) is 50.7 Å². The number of pyridine rings is 1. The van der Waals surface area contributed by atoms with Crippen LogP contribution in [0, 0.1) is 11.8 Å². The molecule has 1 atom stereocenters. The number of nitrogens with zero attached hydrogens (tertiary/aromatic N) is 1. The highest BCUT2D eigenvalue weighted by molar-refractivity contribution is 5.92. The number of hydrogen-bond acceptors (Lipinski definition) is 3. The summed E-state index contributed by atoms with van der Waals surface area (Å²) in [6, 6.07) is 3.87. The summed E-state index contributed by atoms with van der Waals surface area (Å²) in [6.07, 6.45) is 7.38. The van der Waals surface area contributed by atoms with Crippen molar-refractivity contribution in [2.75, 3.05) is 5.32 Å². The first kappa shape index (κ1) is 19.2. The van der Waals surface area contributed by atoms with Gasteiger partial charge in [0.1, 0.15) is 0 Å². The summed E-state index contributed by atoms with van der Waals surface area (Å²) >= 11 is 0. The summed E-state index contributed by atoms with van der Waals surface area (Å²) in [7, 11) is 0. The number of nitrogens with two attached hydrogens (primary N) is 1. The van der Waals surface area contributed by atoms with Crippen LogP contribution in [0.1, 0.15) is 32.6 Å². The summed E-state index contributed by atoms with van der Waals surface area (Å²) in [5.41, 5.74) is 6.73. The first-order valence-electron chi connectivity index (χ1n) is 6.63. The molecule has 0 bridgehead atoms. The quantitative estimate of drug-likeness (QED) is 0.899. The zero-order valence-electron chi connectivity index (χ0n) is 11.6. The maximum absolute atomic E-state index is 12.1. The Balaban J connectivity index is 0.00000180. The van der Waals surface area contributed by atoms with Gasteiger partial charge in [0.15, 0.2) is 0 Å². The smallest absolute Gasteiger partial charge is 0.227 e. The fourth-order valence-electron chi connectivity index (χ4n) is 2.59. The van der Waals surface area contributed by atoms with Crippen LogP contribution in [-0.4, -0.2) is 16.9 Å². The minimum Gasteiger partial charge on any atom is -0.328 e. The van der Waals surface area contributed by atoms with Crippen LogP contribution in [0.15, 0.2) is 24.5 Å². The predicted molar refractivity (Wildman–Crippen MR) is 86.5 cm³/mol. The van der Waals surface area contributed by atoms with Crippen LogP contribution >= 0.6 is 24.8 Å². The van der Waals surface area contributed by atoms with Crippen molar-refractivity contribution in [3.63, 3.8) is 0 Å². The molecule has 4 nitrogen and oxygen atoms in total. The van der Waals surface area contributed by atoms with Crippen LogP contribution in [0.2, 0.25) is 0 Å². The summed E-state index contributed by atoms with van der Waals surface area (Å²) in [4.78, 5) is 16.0. The van der Waals surface area contributed by atoms with E-state index in [1.54, 1.807) is 12.4 Å². The molecule has 1 aliphatic carbocycles. The molecule has 0 spiro atoms. The highest BCUT2D eigenvalue weighted by atomic mass is 35.5. The monoisotopic (exact) mass is 319 g/mol. The van der Waals surface area contributed by atoms with Crippen LogP contribution in [0.4, 0.5) is 5.69 Å². The molecule has 0 aromatic carbocycles. The Hall–Kier alpha value is -0.840. The number of carbonyl (C=O) groups is 1. The lowest BCUT2D eigenvalue weighted by atomic mass is 9.79. The molecule has 1 aromatic rings. The molecule has 0 radical (unpaired) electrons. The Kier molecular flexibility index (Phi) is 8.78. The van der Waals surface area contributed by atoms with E-state index in [2.05, 4.69) is 17.2 Å². The van der Waals surface area contributed by atoms with Gasteiger partial charge in [0.25, 0.3) is 0 Å². The second kappa shape index (κ2) is 9.16. The van der Waals surface area contributed by atoms with E-state index in [9.17, 15) is 4.79 Å². The van der Waals surface area contributed by atoms with Gasteiger partial charge in [-0.2, -0.15) is 0 Å². The topological polar surface area (TPSA) is 68.0 Å². The Bertz CT molecular complexity index is 393. The molecule has 1 aromatic heterocycles. The van der Waals surface area contributed by atoms with Gasteiger partial charge in [-0.3, -0.25) is 9.78 Å². The average molecular weight is 320 g/mol. The fourth-order valence-corrected chi connectivity index (χ4v) is 2.59. The molecular formula is C14H23Cl2N3O. The van der Waals surface area contributed by atoms with Crippen molar-refractivity contribution in [1.29, 1.82) is 0 Å². The molecule has 1 aliphatic rings. The third-order valence-corrected chi connectivity index (χ3v) is 3.83. The molecule has 1 heterocycles. The van der Waals surface area contributed by atoms with Crippen LogP contribution < -0.4 is 11.1 Å². The van der Waals surface area contributed by atoms with Crippen molar-refractivity contribution in [3.05, 3.63) is 24.5 Å². The molecule has 2 rings (SSSR count). The first-order chi connectivity index (χ1) is 8.66. The van der Waals surface area contributed by atoms with Crippen LogP contribution in [0.3, 0.4) is 0 Å². The second-order valence-corrected chi connectivity index (χ2v) is 5.20. The molecule has 20 heavy (non-hydrogen) atoms. The zero-order valence-corrected chi connectivity index (χ0v) is 13.3. The molecule has 114 valence electrons. The van der Waals surface area contributed by atoms with E-state index in [4.69, 9.17) is 5.73 Å². The Morgan fingerprint density at radius 2 is 1.80 bits per heavy atom. The summed E-state index contributed by atoms with van der Waals surface area (Å²) < 4.78 is 0. The largest absolute Gasteiger partial charge is 0.328 e. The normalized spacial score (nSPS) is 22.9. The standard InChI is InChI=1S/C14H21N3O.2ClH/c1-10(15)11-2-4-12(5-3-11)14(18)17-13-6-8-16-9-7-13;;/h6-12H,2-5,15H2,1H3,(H,16,17,18);2*1H/t10-,11?,12?;;/m0../s1. The van der Waals surface area contributed by atoms with E-state index in [1.807, 2.05) is 12.1 Å². The lowest BCUT2D eigenvalue weighted by Gasteiger charge is -2.29. The van der Waals surface area contributed by atoms with Crippen molar-refractivity contribution in [3.8, 4) is 0 Å². The van der Waals surface area contributed by atoms with E-state index in [0.29, 0.717) is 5.92 Å². The van der Waals surface area contributed by atoms with Gasteiger partial charge in [0.05, 0.1) is 0 Å². The van der Waals surface area contributed by atoms with Gasteiger partial charge in [0.2, 0.25) is 5.91 Å². The molecule has 1 saturated carbocycles. The van der Waals surface area contributed by atoms with E-state index < -0.39 is 0 Å². The SMILES string of the molecule is C[C@H](N)C1CCC(C(=O)Nc2ccncc2)CC1.Cl.Cl. The van der Waals surface area contributed by atoms with Gasteiger partial charge in [-0.25, -0.2) is 0 Å². The molecule has 0 unspecified atom stereocenters. The highest BCUT2D eigenvalue weighted by Crippen LogP contribution is 2.30. The molecule has 1 amide bonds. The Morgan fingerprint density at radius 3 is 2.30 bits per heavy atom. The van der Waals surface area contributed by atoms with E-state index >= 15 is 0 Å². The third-order valence-electron chi connectivity index (χ3n) is 3.83. The number of aromatic nitrogens is 1. The van der Waals surface area contributed by atoms with E-state index in [1.165, 1.54) is 0 Å². The summed E-state index contributed by atoms with van der Waals surface area (Å²) in [6.45, 7) is 2.06. The predicted octanol–water partition coefficient (Wildman–Crippen LogP) is 3.02. The van der Waals surface area contributed by atoms with Gasteiger partial charge < -0.3 is 11.1 Å². The molecular weight excluding hydrogens is 297 g/mol. The summed E-state index contributed by atoms with van der Waals surface area (Å²) in [5.74, 6) is 0.840. The van der Waals surface area contributed by atoms with Gasteiger partial charge >= 0.3 is 0 Å². The Morgan fingerprint density at radius 1 is 1.25 bits per heavy atom. The van der Waals surface area contributed by atoms with Crippen molar-refractivity contribution in [1.82, 2.24) is 4.98 Å². The fraction of sp³-hybridized carbons (Fsp3) is 0.571. The van der Waals surface area contributed by atoms with Gasteiger partial charge in [-0.15, -0.1) is 24.8 Å². The maximum Gasteiger partial charge on any atom is 0.227 e. The van der Waals surface area contributed by atoms with E-state index in [-0.39, 0.29) is 42.7 Å². The second-order valence-electron chi connectivity index (χ2n) is 5.20. The number of anilines is 1. The lowest BCUT2D eigenvalue weighted by molar-refractivity contribution is -0.121. The molecule has 3 N–H and O–H groups in total. The molecule has 6 heteroatoms. The van der Waals surface area contributed by atoms with Gasteiger partial charge in [0, 0.05) is 30.0 Å². The molecule has 0 aliphatic heterocycles. The number of halogens is 2.